The maximum Gasteiger partial charge on any atom is 0.162 e. The number of nitrogens with one attached hydrogen (secondary N) is 1. The van der Waals surface area contributed by atoms with Crippen LogP contribution < -0.4 is 5.32 Å². The van der Waals surface area contributed by atoms with Gasteiger partial charge in [-0.1, -0.05) is 0 Å². The summed E-state index contributed by atoms with van der Waals surface area (Å²) in [5.41, 5.74) is 0. The lowest BCUT2D eigenvalue weighted by molar-refractivity contribution is -0.252. The smallest absolute Gasteiger partial charge is 0.162 e. The Hall–Kier alpha value is -0.160. The minimum atomic E-state index is -0.410. The molecule has 16 heavy (non-hydrogen) atoms. The van der Waals surface area contributed by atoms with Crippen LogP contribution >= 0.6 is 0 Å². The van der Waals surface area contributed by atoms with Gasteiger partial charge < -0.3 is 19.5 Å². The Balaban J connectivity index is 1.56. The van der Waals surface area contributed by atoms with Crippen molar-refractivity contribution in [2.24, 2.45) is 0 Å². The highest BCUT2D eigenvalue weighted by Gasteiger charge is 2.28. The number of ether oxygens (including phenoxy) is 3. The molecule has 0 saturated carbocycles. The minimum absolute atomic E-state index is 0.328. The fourth-order valence-corrected chi connectivity index (χ4v) is 2.13. The van der Waals surface area contributed by atoms with Gasteiger partial charge in [-0.05, 0) is 39.7 Å². The molecule has 4 nitrogen and oxygen atoms in total. The molecule has 2 aliphatic rings. The van der Waals surface area contributed by atoms with Crippen molar-refractivity contribution in [1.82, 2.24) is 5.32 Å². The standard InChI is InChI=1S/C12H23NO3/c1-12(2)15-8-10(9-16-12)13-6-5-11-4-3-7-14-11/h10-11,13H,3-9H2,1-2H3. The Kier molecular flexibility index (Phi) is 4.19. The van der Waals surface area contributed by atoms with Crippen LogP contribution in [0.15, 0.2) is 0 Å². The first-order valence-electron chi connectivity index (χ1n) is 6.29. The lowest BCUT2D eigenvalue weighted by Gasteiger charge is -2.35. The van der Waals surface area contributed by atoms with E-state index in [0.717, 1.165) is 32.8 Å². The van der Waals surface area contributed by atoms with Crippen molar-refractivity contribution in [3.8, 4) is 0 Å². The highest BCUT2D eigenvalue weighted by Crippen LogP contribution is 2.17. The molecule has 0 aromatic rings. The van der Waals surface area contributed by atoms with Gasteiger partial charge in [-0.15, -0.1) is 0 Å². The first-order valence-corrected chi connectivity index (χ1v) is 6.29. The maximum atomic E-state index is 5.58. The van der Waals surface area contributed by atoms with Gasteiger partial charge >= 0.3 is 0 Å². The molecule has 1 N–H and O–H groups in total. The van der Waals surface area contributed by atoms with Gasteiger partial charge in [0.15, 0.2) is 5.79 Å². The van der Waals surface area contributed by atoms with Crippen LogP contribution in [0.1, 0.15) is 33.1 Å². The zero-order valence-electron chi connectivity index (χ0n) is 10.3. The van der Waals surface area contributed by atoms with Crippen molar-refractivity contribution in [2.45, 2.75) is 51.0 Å². The lowest BCUT2D eigenvalue weighted by atomic mass is 10.2. The molecule has 0 amide bonds. The molecule has 0 aromatic heterocycles. The van der Waals surface area contributed by atoms with Crippen molar-refractivity contribution in [2.75, 3.05) is 26.4 Å². The normalized spacial score (nSPS) is 30.8. The second-order valence-corrected chi connectivity index (χ2v) is 5.10. The molecule has 1 atom stereocenters. The van der Waals surface area contributed by atoms with Crippen molar-refractivity contribution < 1.29 is 14.2 Å². The third kappa shape index (κ3) is 3.70. The molecule has 2 heterocycles. The fraction of sp³-hybridized carbons (Fsp3) is 1.00. The van der Waals surface area contributed by atoms with Crippen LogP contribution in [0.25, 0.3) is 0 Å². The average Bonchev–Trinajstić information content (AvgIpc) is 2.73. The molecule has 2 fully saturated rings. The molecule has 0 bridgehead atoms. The summed E-state index contributed by atoms with van der Waals surface area (Å²) < 4.78 is 16.7. The third-order valence-electron chi connectivity index (χ3n) is 3.19. The van der Waals surface area contributed by atoms with E-state index in [9.17, 15) is 0 Å². The van der Waals surface area contributed by atoms with Crippen LogP contribution in [0.4, 0.5) is 0 Å². The monoisotopic (exact) mass is 229 g/mol. The first-order chi connectivity index (χ1) is 7.66. The Morgan fingerprint density at radius 1 is 1.25 bits per heavy atom. The predicted octanol–water partition coefficient (Wildman–Crippen LogP) is 1.30. The fourth-order valence-electron chi connectivity index (χ4n) is 2.13. The summed E-state index contributed by atoms with van der Waals surface area (Å²) in [6, 6.07) is 0.328. The Morgan fingerprint density at radius 2 is 2.00 bits per heavy atom. The van der Waals surface area contributed by atoms with Gasteiger partial charge in [0.25, 0.3) is 0 Å². The summed E-state index contributed by atoms with van der Waals surface area (Å²) in [5, 5.41) is 3.46. The van der Waals surface area contributed by atoms with Crippen molar-refractivity contribution in [1.29, 1.82) is 0 Å². The number of hydrogen-bond acceptors (Lipinski definition) is 4. The van der Waals surface area contributed by atoms with E-state index in [1.807, 2.05) is 13.8 Å². The van der Waals surface area contributed by atoms with E-state index >= 15 is 0 Å². The highest BCUT2D eigenvalue weighted by atomic mass is 16.7. The summed E-state index contributed by atoms with van der Waals surface area (Å²) in [6.45, 7) is 7.30. The largest absolute Gasteiger partial charge is 0.378 e. The summed E-state index contributed by atoms with van der Waals surface area (Å²) in [7, 11) is 0. The van der Waals surface area contributed by atoms with Gasteiger partial charge in [-0.3, -0.25) is 0 Å². The van der Waals surface area contributed by atoms with E-state index in [1.165, 1.54) is 12.8 Å². The van der Waals surface area contributed by atoms with Crippen LogP contribution in [0.3, 0.4) is 0 Å². The first kappa shape index (κ1) is 12.3. The molecular weight excluding hydrogens is 206 g/mol. The van der Waals surface area contributed by atoms with E-state index < -0.39 is 5.79 Å². The summed E-state index contributed by atoms with van der Waals surface area (Å²) in [6.07, 6.45) is 4.00. The van der Waals surface area contributed by atoms with E-state index in [4.69, 9.17) is 14.2 Å². The minimum Gasteiger partial charge on any atom is -0.378 e. The molecule has 2 saturated heterocycles. The number of hydrogen-bond donors (Lipinski definition) is 1. The SMILES string of the molecule is CC1(C)OCC(NCCC2CCCO2)CO1. The van der Waals surface area contributed by atoms with Crippen LogP contribution in [-0.2, 0) is 14.2 Å². The van der Waals surface area contributed by atoms with Gasteiger partial charge in [0.1, 0.15) is 0 Å². The van der Waals surface area contributed by atoms with E-state index in [1.54, 1.807) is 0 Å². The van der Waals surface area contributed by atoms with Crippen LogP contribution in [0.5, 0.6) is 0 Å². The van der Waals surface area contributed by atoms with Gasteiger partial charge in [0.2, 0.25) is 0 Å². The topological polar surface area (TPSA) is 39.7 Å². The summed E-state index contributed by atoms with van der Waals surface area (Å²) in [5.74, 6) is -0.410. The molecule has 4 heteroatoms. The molecule has 2 aliphatic heterocycles. The van der Waals surface area contributed by atoms with Crippen molar-refractivity contribution in [3.05, 3.63) is 0 Å². The quantitative estimate of drug-likeness (QED) is 0.788. The Labute approximate surface area is 97.6 Å². The van der Waals surface area contributed by atoms with Crippen LogP contribution in [-0.4, -0.2) is 44.3 Å². The van der Waals surface area contributed by atoms with E-state index in [2.05, 4.69) is 5.32 Å². The van der Waals surface area contributed by atoms with Gasteiger partial charge in [0, 0.05) is 6.61 Å². The molecule has 1 unspecified atom stereocenters. The molecular formula is C12H23NO3. The molecule has 0 spiro atoms. The zero-order valence-corrected chi connectivity index (χ0v) is 10.3. The van der Waals surface area contributed by atoms with Gasteiger partial charge in [0.05, 0.1) is 25.4 Å². The Bertz CT molecular complexity index is 204. The average molecular weight is 229 g/mol. The third-order valence-corrected chi connectivity index (χ3v) is 3.19. The highest BCUT2D eigenvalue weighted by molar-refractivity contribution is 4.74. The van der Waals surface area contributed by atoms with Crippen molar-refractivity contribution >= 4 is 0 Å². The van der Waals surface area contributed by atoms with Crippen molar-refractivity contribution in [3.63, 3.8) is 0 Å². The summed E-state index contributed by atoms with van der Waals surface area (Å²) >= 11 is 0. The maximum absolute atomic E-state index is 5.58. The predicted molar refractivity (Wildman–Crippen MR) is 61.4 cm³/mol. The molecule has 0 aromatic carbocycles. The summed E-state index contributed by atoms with van der Waals surface area (Å²) in [4.78, 5) is 0. The van der Waals surface area contributed by atoms with Crippen LogP contribution in [0.2, 0.25) is 0 Å². The molecule has 0 aliphatic carbocycles. The van der Waals surface area contributed by atoms with Gasteiger partial charge in [-0.2, -0.15) is 0 Å². The second kappa shape index (κ2) is 5.45. The molecule has 2 rings (SSSR count). The molecule has 94 valence electrons. The van der Waals surface area contributed by atoms with E-state index in [-0.39, 0.29) is 0 Å². The van der Waals surface area contributed by atoms with Gasteiger partial charge in [-0.25, -0.2) is 0 Å². The van der Waals surface area contributed by atoms with Crippen LogP contribution in [0, 0.1) is 0 Å². The Morgan fingerprint density at radius 3 is 2.62 bits per heavy atom. The van der Waals surface area contributed by atoms with E-state index in [0.29, 0.717) is 12.1 Å². The molecule has 0 radical (unpaired) electrons. The second-order valence-electron chi connectivity index (χ2n) is 5.10. The number of rotatable bonds is 4. The lowest BCUT2D eigenvalue weighted by Crippen LogP contribution is -2.49. The zero-order chi connectivity index (χ0) is 11.4.